The number of carbonyl (C=O) groups is 1. The number of halogens is 1. The quantitative estimate of drug-likeness (QED) is 0.620. The highest BCUT2D eigenvalue weighted by atomic mass is 32.2. The molecule has 0 aromatic heterocycles. The van der Waals surface area contributed by atoms with E-state index in [0.29, 0.717) is 0 Å². The SMILES string of the molecule is O=C(O)N1[C@@H](CF)COS1(=O)=O. The monoisotopic (exact) mass is 199 g/mol. The molecule has 0 radical (unpaired) electrons. The summed E-state index contributed by atoms with van der Waals surface area (Å²) in [4.78, 5) is 10.3. The van der Waals surface area contributed by atoms with Crippen LogP contribution in [-0.2, 0) is 14.5 Å². The summed E-state index contributed by atoms with van der Waals surface area (Å²) in [6.45, 7) is -1.53. The molecule has 1 amide bonds. The number of rotatable bonds is 1. The number of carboxylic acid groups (broad SMARTS) is 1. The van der Waals surface area contributed by atoms with Gasteiger partial charge in [-0.2, -0.15) is 12.7 Å². The van der Waals surface area contributed by atoms with Gasteiger partial charge in [0.25, 0.3) is 0 Å². The fraction of sp³-hybridized carbons (Fsp3) is 0.750. The molecule has 0 aliphatic carbocycles. The summed E-state index contributed by atoms with van der Waals surface area (Å²) in [5, 5.41) is 8.35. The van der Waals surface area contributed by atoms with Gasteiger partial charge in [-0.3, -0.25) is 4.18 Å². The molecule has 0 bridgehead atoms. The molecule has 8 heteroatoms. The fourth-order valence-electron chi connectivity index (χ4n) is 0.831. The molecule has 0 spiro atoms. The molecule has 1 saturated heterocycles. The van der Waals surface area contributed by atoms with E-state index < -0.39 is 35.7 Å². The lowest BCUT2D eigenvalue weighted by Gasteiger charge is -2.13. The van der Waals surface area contributed by atoms with Crippen molar-refractivity contribution in [1.82, 2.24) is 4.31 Å². The third-order valence-electron chi connectivity index (χ3n) is 1.35. The molecule has 1 heterocycles. The van der Waals surface area contributed by atoms with E-state index in [9.17, 15) is 17.6 Å². The zero-order chi connectivity index (χ0) is 9.35. The molecule has 0 aromatic rings. The second-order valence-corrected chi connectivity index (χ2v) is 3.61. The van der Waals surface area contributed by atoms with Crippen molar-refractivity contribution in [1.29, 1.82) is 0 Å². The number of hydrogen-bond donors (Lipinski definition) is 1. The molecule has 1 rings (SSSR count). The van der Waals surface area contributed by atoms with Gasteiger partial charge in [0.2, 0.25) is 0 Å². The van der Waals surface area contributed by atoms with Gasteiger partial charge in [0.1, 0.15) is 12.7 Å². The molecule has 1 atom stereocenters. The molecule has 1 N–H and O–H groups in total. The molecule has 1 fully saturated rings. The summed E-state index contributed by atoms with van der Waals surface area (Å²) in [5.74, 6) is 0. The summed E-state index contributed by atoms with van der Waals surface area (Å²) in [6, 6.07) is -1.24. The highest BCUT2D eigenvalue weighted by Gasteiger charge is 2.42. The first-order valence-electron chi connectivity index (χ1n) is 2.96. The van der Waals surface area contributed by atoms with Crippen molar-refractivity contribution >= 4 is 16.4 Å². The molecule has 6 nitrogen and oxygen atoms in total. The zero-order valence-electron chi connectivity index (χ0n) is 5.81. The van der Waals surface area contributed by atoms with E-state index in [4.69, 9.17) is 5.11 Å². The molecular formula is C4H6FNO5S. The predicted octanol–water partition coefficient (Wildman–Crippen LogP) is -0.420. The van der Waals surface area contributed by atoms with Crippen LogP contribution in [0.15, 0.2) is 0 Å². The van der Waals surface area contributed by atoms with Crippen molar-refractivity contribution in [2.24, 2.45) is 0 Å². The number of hydrogen-bond acceptors (Lipinski definition) is 4. The molecule has 0 unspecified atom stereocenters. The smallest absolute Gasteiger partial charge is 0.423 e. The van der Waals surface area contributed by atoms with Crippen LogP contribution < -0.4 is 0 Å². The zero-order valence-corrected chi connectivity index (χ0v) is 6.62. The minimum atomic E-state index is -4.25. The predicted molar refractivity (Wildman–Crippen MR) is 34.5 cm³/mol. The van der Waals surface area contributed by atoms with Crippen molar-refractivity contribution in [2.75, 3.05) is 13.3 Å². The highest BCUT2D eigenvalue weighted by molar-refractivity contribution is 7.85. The fourth-order valence-corrected chi connectivity index (χ4v) is 1.95. The third-order valence-corrected chi connectivity index (χ3v) is 2.72. The lowest BCUT2D eigenvalue weighted by Crippen LogP contribution is -2.39. The van der Waals surface area contributed by atoms with Crippen LogP contribution in [0.5, 0.6) is 0 Å². The van der Waals surface area contributed by atoms with Gasteiger partial charge in [-0.15, -0.1) is 0 Å². The first-order valence-corrected chi connectivity index (χ1v) is 4.33. The van der Waals surface area contributed by atoms with Crippen molar-refractivity contribution in [3.05, 3.63) is 0 Å². The van der Waals surface area contributed by atoms with Gasteiger partial charge in [0.05, 0.1) is 6.61 Å². The maximum atomic E-state index is 12.0. The first-order chi connectivity index (χ1) is 5.49. The Labute approximate surface area is 67.8 Å². The van der Waals surface area contributed by atoms with Crippen LogP contribution in [0.1, 0.15) is 0 Å². The molecule has 1 aliphatic rings. The highest BCUT2D eigenvalue weighted by Crippen LogP contribution is 2.18. The van der Waals surface area contributed by atoms with Crippen LogP contribution in [0, 0.1) is 0 Å². The Kier molecular flexibility index (Phi) is 2.20. The average molecular weight is 199 g/mol. The van der Waals surface area contributed by atoms with Gasteiger partial charge in [-0.05, 0) is 0 Å². The van der Waals surface area contributed by atoms with Crippen LogP contribution >= 0.6 is 0 Å². The summed E-state index contributed by atoms with van der Waals surface area (Å²) in [5.41, 5.74) is 0. The van der Waals surface area contributed by atoms with E-state index in [-0.39, 0.29) is 4.31 Å². The van der Waals surface area contributed by atoms with Crippen LogP contribution in [0.2, 0.25) is 0 Å². The summed E-state index contributed by atoms with van der Waals surface area (Å²) < 4.78 is 37.5. The van der Waals surface area contributed by atoms with E-state index in [1.807, 2.05) is 0 Å². The molecule has 1 aliphatic heterocycles. The van der Waals surface area contributed by atoms with Crippen molar-refractivity contribution in [2.45, 2.75) is 6.04 Å². The lowest BCUT2D eigenvalue weighted by molar-refractivity contribution is 0.158. The Hall–Kier alpha value is -0.890. The summed E-state index contributed by atoms with van der Waals surface area (Å²) >= 11 is 0. The Bertz CT molecular complexity index is 288. The average Bonchev–Trinajstić information content (AvgIpc) is 2.24. The van der Waals surface area contributed by atoms with Gasteiger partial charge < -0.3 is 5.11 Å². The summed E-state index contributed by atoms with van der Waals surface area (Å²) in [7, 11) is -4.25. The first kappa shape index (κ1) is 9.20. The van der Waals surface area contributed by atoms with Crippen molar-refractivity contribution in [3.8, 4) is 0 Å². The normalized spacial score (nSPS) is 27.4. The Morgan fingerprint density at radius 2 is 2.33 bits per heavy atom. The minimum Gasteiger partial charge on any atom is -0.464 e. The van der Waals surface area contributed by atoms with Gasteiger partial charge in [0, 0.05) is 0 Å². The molecule has 70 valence electrons. The van der Waals surface area contributed by atoms with Gasteiger partial charge in [0.15, 0.2) is 0 Å². The Morgan fingerprint density at radius 3 is 2.67 bits per heavy atom. The third kappa shape index (κ3) is 1.34. The van der Waals surface area contributed by atoms with E-state index in [1.54, 1.807) is 0 Å². The van der Waals surface area contributed by atoms with Crippen LogP contribution in [0.25, 0.3) is 0 Å². The van der Waals surface area contributed by atoms with Gasteiger partial charge in [-0.25, -0.2) is 9.18 Å². The van der Waals surface area contributed by atoms with Crippen LogP contribution in [0.3, 0.4) is 0 Å². The molecule has 12 heavy (non-hydrogen) atoms. The second-order valence-electron chi connectivity index (χ2n) is 2.13. The minimum absolute atomic E-state index is 0.0208. The maximum Gasteiger partial charge on any atom is 0.423 e. The van der Waals surface area contributed by atoms with E-state index in [2.05, 4.69) is 4.18 Å². The lowest BCUT2D eigenvalue weighted by atomic mass is 10.3. The molecular weight excluding hydrogens is 193 g/mol. The molecule has 0 saturated carbocycles. The molecule has 0 aromatic carbocycles. The van der Waals surface area contributed by atoms with Crippen LogP contribution in [0.4, 0.5) is 9.18 Å². The van der Waals surface area contributed by atoms with Gasteiger partial charge >= 0.3 is 16.4 Å². The second kappa shape index (κ2) is 2.87. The van der Waals surface area contributed by atoms with Crippen LogP contribution in [-0.4, -0.2) is 43.2 Å². The topological polar surface area (TPSA) is 83.9 Å². The number of amides is 1. The van der Waals surface area contributed by atoms with Crippen molar-refractivity contribution in [3.63, 3.8) is 0 Å². The largest absolute Gasteiger partial charge is 0.464 e. The van der Waals surface area contributed by atoms with Gasteiger partial charge in [-0.1, -0.05) is 0 Å². The van der Waals surface area contributed by atoms with Crippen molar-refractivity contribution < 1.29 is 26.9 Å². The van der Waals surface area contributed by atoms with E-state index in [1.165, 1.54) is 0 Å². The standard InChI is InChI=1S/C4H6FNO5S/c5-1-3-2-11-12(9,10)6(3)4(7)8/h3H,1-2H2,(H,7,8)/t3-/m0/s1. The summed E-state index contributed by atoms with van der Waals surface area (Å²) in [6.07, 6.45) is -1.73. The van der Waals surface area contributed by atoms with E-state index in [0.717, 1.165) is 0 Å². The maximum absolute atomic E-state index is 12.0. The Balaban J connectivity index is 2.96. The van der Waals surface area contributed by atoms with E-state index >= 15 is 0 Å². The number of nitrogens with zero attached hydrogens (tertiary/aromatic N) is 1. The Morgan fingerprint density at radius 1 is 1.75 bits per heavy atom. The number of alkyl halides is 1.